The number of hydrogen-bond acceptors (Lipinski definition) is 3. The van der Waals surface area contributed by atoms with Gasteiger partial charge in [0.05, 0.1) is 17.8 Å². The molecule has 3 rings (SSSR count). The molecule has 0 aliphatic carbocycles. The number of amides is 1. The Morgan fingerprint density at radius 3 is 2.69 bits per heavy atom. The lowest BCUT2D eigenvalue weighted by Crippen LogP contribution is -2.15. The first-order chi connectivity index (χ1) is 12.4. The molecule has 0 aliphatic rings. The first kappa shape index (κ1) is 18.1. The molecule has 1 aromatic carbocycles. The van der Waals surface area contributed by atoms with E-state index in [1.54, 1.807) is 36.0 Å². The normalized spacial score (nSPS) is 11.0. The highest BCUT2D eigenvalue weighted by atomic mass is 35.5. The van der Waals surface area contributed by atoms with Gasteiger partial charge in [0.2, 0.25) is 0 Å². The number of nitrogens with zero attached hydrogens (tertiary/aromatic N) is 4. The second-order valence-electron chi connectivity index (χ2n) is 5.91. The fourth-order valence-electron chi connectivity index (χ4n) is 2.87. The summed E-state index contributed by atoms with van der Waals surface area (Å²) in [6, 6.07) is 6.19. The Labute approximate surface area is 155 Å². The Morgan fingerprint density at radius 1 is 1.27 bits per heavy atom. The Hall–Kier alpha value is -2.67. The van der Waals surface area contributed by atoms with Crippen molar-refractivity contribution in [2.75, 3.05) is 5.32 Å². The van der Waals surface area contributed by atoms with Gasteiger partial charge < -0.3 is 5.32 Å². The molecule has 0 fully saturated rings. The van der Waals surface area contributed by atoms with Crippen molar-refractivity contribution in [2.24, 2.45) is 0 Å². The maximum atomic E-state index is 13.9. The third-order valence-corrected chi connectivity index (χ3v) is 4.53. The minimum Gasteiger partial charge on any atom is -0.305 e. The van der Waals surface area contributed by atoms with E-state index in [0.717, 1.165) is 5.69 Å². The van der Waals surface area contributed by atoms with E-state index in [9.17, 15) is 9.18 Å². The van der Waals surface area contributed by atoms with Crippen LogP contribution in [0.2, 0.25) is 5.02 Å². The summed E-state index contributed by atoms with van der Waals surface area (Å²) in [6.07, 6.45) is 1.66. The van der Waals surface area contributed by atoms with Gasteiger partial charge in [0.1, 0.15) is 5.82 Å². The second-order valence-corrected chi connectivity index (χ2v) is 6.32. The van der Waals surface area contributed by atoms with E-state index in [1.807, 2.05) is 13.8 Å². The number of carbonyl (C=O) groups is 1. The maximum Gasteiger partial charge on any atom is 0.260 e. The monoisotopic (exact) mass is 375 g/mol. The topological polar surface area (TPSA) is 64.7 Å². The molecule has 1 amide bonds. The predicted molar refractivity (Wildman–Crippen MR) is 98.1 cm³/mol. The van der Waals surface area contributed by atoms with Crippen LogP contribution in [0.3, 0.4) is 0 Å². The van der Waals surface area contributed by atoms with E-state index in [0.29, 0.717) is 34.2 Å². The van der Waals surface area contributed by atoms with Crippen molar-refractivity contribution < 1.29 is 9.18 Å². The molecule has 0 unspecified atom stereocenters. The summed E-state index contributed by atoms with van der Waals surface area (Å²) in [4.78, 5) is 12.6. The molecule has 6 nitrogen and oxygen atoms in total. The zero-order valence-electron chi connectivity index (χ0n) is 14.8. The van der Waals surface area contributed by atoms with Crippen LogP contribution in [-0.2, 0) is 13.1 Å². The number of nitrogens with one attached hydrogen (secondary N) is 1. The van der Waals surface area contributed by atoms with Crippen LogP contribution in [0.25, 0.3) is 0 Å². The van der Waals surface area contributed by atoms with E-state index >= 15 is 0 Å². The first-order valence-electron chi connectivity index (χ1n) is 8.22. The molecule has 0 spiro atoms. The molecule has 3 aromatic rings. The van der Waals surface area contributed by atoms with Crippen molar-refractivity contribution in [3.05, 3.63) is 63.8 Å². The van der Waals surface area contributed by atoms with Gasteiger partial charge in [-0.05, 0) is 32.9 Å². The van der Waals surface area contributed by atoms with Crippen LogP contribution in [-0.4, -0.2) is 25.5 Å². The molecule has 0 saturated carbocycles. The molecule has 26 heavy (non-hydrogen) atoms. The number of aromatic nitrogens is 4. The van der Waals surface area contributed by atoms with Crippen LogP contribution in [0.4, 0.5) is 10.2 Å². The van der Waals surface area contributed by atoms with E-state index in [1.165, 1.54) is 10.7 Å². The molecule has 2 heterocycles. The zero-order valence-corrected chi connectivity index (χ0v) is 15.5. The van der Waals surface area contributed by atoms with Gasteiger partial charge in [-0.15, -0.1) is 0 Å². The van der Waals surface area contributed by atoms with E-state index in [2.05, 4.69) is 15.5 Å². The highest BCUT2D eigenvalue weighted by Gasteiger charge is 2.19. The standard InChI is InChI=1S/C18H19ClFN5O/c1-4-25-12(3)17(11(2)22-25)18(26)21-16-8-9-24(23-16)10-13-14(19)6-5-7-15(13)20/h5-9H,4,10H2,1-3H3,(H,21,23,26). The number of benzene rings is 1. The second kappa shape index (κ2) is 7.29. The SMILES string of the molecule is CCn1nc(C)c(C(=O)Nc2ccn(Cc3c(F)cccc3Cl)n2)c1C. The quantitative estimate of drug-likeness (QED) is 0.737. The minimum absolute atomic E-state index is 0.174. The number of halogens is 2. The van der Waals surface area contributed by atoms with Gasteiger partial charge in [-0.2, -0.15) is 10.2 Å². The molecule has 1 N–H and O–H groups in total. The summed E-state index contributed by atoms with van der Waals surface area (Å²) in [6.45, 7) is 6.49. The number of anilines is 1. The molecule has 0 saturated heterocycles. The number of rotatable bonds is 5. The van der Waals surface area contributed by atoms with Gasteiger partial charge in [-0.1, -0.05) is 17.7 Å². The fourth-order valence-corrected chi connectivity index (χ4v) is 3.10. The average Bonchev–Trinajstić information content (AvgIpc) is 3.14. The van der Waals surface area contributed by atoms with Crippen molar-refractivity contribution in [1.29, 1.82) is 0 Å². The molecule has 8 heteroatoms. The van der Waals surface area contributed by atoms with Gasteiger partial charge in [0, 0.05) is 35.1 Å². The van der Waals surface area contributed by atoms with Gasteiger partial charge >= 0.3 is 0 Å². The highest BCUT2D eigenvalue weighted by molar-refractivity contribution is 6.31. The molecular formula is C18H19ClFN5O. The third kappa shape index (κ3) is 3.48. The summed E-state index contributed by atoms with van der Waals surface area (Å²) in [5.74, 6) is -0.281. The Morgan fingerprint density at radius 2 is 2.04 bits per heavy atom. The lowest BCUT2D eigenvalue weighted by Gasteiger charge is -2.06. The predicted octanol–water partition coefficient (Wildman–Crippen LogP) is 3.81. The summed E-state index contributed by atoms with van der Waals surface area (Å²) in [5, 5.41) is 11.7. The Bertz CT molecular complexity index is 942. The van der Waals surface area contributed by atoms with Gasteiger partial charge in [0.15, 0.2) is 5.82 Å². The molecule has 0 atom stereocenters. The molecule has 0 radical (unpaired) electrons. The summed E-state index contributed by atoms with van der Waals surface area (Å²) < 4.78 is 17.2. The van der Waals surface area contributed by atoms with Gasteiger partial charge in [-0.25, -0.2) is 4.39 Å². The van der Waals surface area contributed by atoms with Crippen LogP contribution in [0.1, 0.15) is 34.2 Å². The lowest BCUT2D eigenvalue weighted by atomic mass is 10.2. The van der Waals surface area contributed by atoms with E-state index in [-0.39, 0.29) is 12.5 Å². The smallest absolute Gasteiger partial charge is 0.260 e. The Kier molecular flexibility index (Phi) is 5.08. The fraction of sp³-hybridized carbons (Fsp3) is 0.278. The summed E-state index contributed by atoms with van der Waals surface area (Å²) in [7, 11) is 0. The van der Waals surface area contributed by atoms with Crippen molar-refractivity contribution in [3.63, 3.8) is 0 Å². The van der Waals surface area contributed by atoms with Crippen LogP contribution in [0, 0.1) is 19.7 Å². The average molecular weight is 376 g/mol. The maximum absolute atomic E-state index is 13.9. The number of carbonyl (C=O) groups excluding carboxylic acids is 1. The van der Waals surface area contributed by atoms with Crippen LogP contribution in [0.5, 0.6) is 0 Å². The lowest BCUT2D eigenvalue weighted by molar-refractivity contribution is 0.102. The van der Waals surface area contributed by atoms with Crippen molar-refractivity contribution in [2.45, 2.75) is 33.9 Å². The van der Waals surface area contributed by atoms with Gasteiger partial charge in [0.25, 0.3) is 5.91 Å². The Balaban J connectivity index is 1.77. The minimum atomic E-state index is -0.392. The highest BCUT2D eigenvalue weighted by Crippen LogP contribution is 2.20. The summed E-state index contributed by atoms with van der Waals surface area (Å²) in [5.41, 5.74) is 2.36. The van der Waals surface area contributed by atoms with Crippen LogP contribution in [0.15, 0.2) is 30.5 Å². The molecule has 2 aromatic heterocycles. The summed E-state index contributed by atoms with van der Waals surface area (Å²) >= 11 is 6.04. The molecule has 136 valence electrons. The molecular weight excluding hydrogens is 357 g/mol. The number of hydrogen-bond donors (Lipinski definition) is 1. The number of aryl methyl sites for hydroxylation is 2. The van der Waals surface area contributed by atoms with Crippen LogP contribution < -0.4 is 5.32 Å². The van der Waals surface area contributed by atoms with Crippen molar-refractivity contribution >= 4 is 23.3 Å². The molecule has 0 bridgehead atoms. The van der Waals surface area contributed by atoms with E-state index in [4.69, 9.17) is 11.6 Å². The van der Waals surface area contributed by atoms with E-state index < -0.39 is 5.82 Å². The largest absolute Gasteiger partial charge is 0.305 e. The van der Waals surface area contributed by atoms with Crippen molar-refractivity contribution in [1.82, 2.24) is 19.6 Å². The van der Waals surface area contributed by atoms with Crippen LogP contribution >= 0.6 is 11.6 Å². The van der Waals surface area contributed by atoms with Crippen molar-refractivity contribution in [3.8, 4) is 0 Å². The molecule has 0 aliphatic heterocycles. The first-order valence-corrected chi connectivity index (χ1v) is 8.60. The zero-order chi connectivity index (χ0) is 18.8. The third-order valence-electron chi connectivity index (χ3n) is 4.17. The van der Waals surface area contributed by atoms with Gasteiger partial charge in [-0.3, -0.25) is 14.2 Å².